The Labute approximate surface area is 107 Å². The van der Waals surface area contributed by atoms with Crippen molar-refractivity contribution >= 4 is 28.4 Å². The summed E-state index contributed by atoms with van der Waals surface area (Å²) in [6.45, 7) is 0. The molecule has 18 heavy (non-hydrogen) atoms. The molecule has 5 heteroatoms. The molecule has 3 aromatic rings. The average Bonchev–Trinajstić information content (AvgIpc) is 2.79. The van der Waals surface area contributed by atoms with Crippen molar-refractivity contribution in [2.24, 2.45) is 0 Å². The van der Waals surface area contributed by atoms with Crippen LogP contribution in [0.3, 0.4) is 0 Å². The summed E-state index contributed by atoms with van der Waals surface area (Å²) in [6, 6.07) is 10.4. The number of anilines is 1. The Kier molecular flexibility index (Phi) is 2.68. The van der Waals surface area contributed by atoms with E-state index < -0.39 is 0 Å². The molecule has 2 aromatic carbocycles. The van der Waals surface area contributed by atoms with Gasteiger partial charge in [-0.05, 0) is 24.3 Å². The number of hydrogen-bond acceptors (Lipinski definition) is 3. The maximum Gasteiger partial charge on any atom is 0.137 e. The van der Waals surface area contributed by atoms with Crippen molar-refractivity contribution in [2.75, 3.05) is 5.73 Å². The lowest BCUT2D eigenvalue weighted by atomic mass is 10.2. The molecule has 0 fully saturated rings. The fourth-order valence-electron chi connectivity index (χ4n) is 1.72. The zero-order valence-corrected chi connectivity index (χ0v) is 10.2. The summed E-state index contributed by atoms with van der Waals surface area (Å²) in [6.07, 6.45) is 1.71. The van der Waals surface area contributed by atoms with Gasteiger partial charge in [-0.1, -0.05) is 23.9 Å². The standard InChI is InChI=1S/C13H10FN3S/c14-9-3-1-2-4-12(9)18-13-6-11-8(5-10(13)15)7-16-17-11/h1-7H,15H2,(H,16,17). The summed E-state index contributed by atoms with van der Waals surface area (Å²) < 4.78 is 13.6. The molecular weight excluding hydrogens is 249 g/mol. The molecule has 3 nitrogen and oxygen atoms in total. The number of nitrogen functional groups attached to an aromatic ring is 1. The van der Waals surface area contributed by atoms with Crippen LogP contribution >= 0.6 is 11.8 Å². The van der Waals surface area contributed by atoms with Gasteiger partial charge >= 0.3 is 0 Å². The van der Waals surface area contributed by atoms with Gasteiger partial charge in [0.05, 0.1) is 11.7 Å². The molecule has 0 radical (unpaired) electrons. The highest BCUT2D eigenvalue weighted by Crippen LogP contribution is 2.35. The summed E-state index contributed by atoms with van der Waals surface area (Å²) in [4.78, 5) is 1.37. The van der Waals surface area contributed by atoms with Crippen LogP contribution in [-0.4, -0.2) is 10.2 Å². The maximum atomic E-state index is 13.6. The Balaban J connectivity index is 2.04. The van der Waals surface area contributed by atoms with Gasteiger partial charge in [-0.3, -0.25) is 5.10 Å². The van der Waals surface area contributed by atoms with Gasteiger partial charge in [0, 0.05) is 20.9 Å². The second kappa shape index (κ2) is 4.34. The van der Waals surface area contributed by atoms with Gasteiger partial charge < -0.3 is 5.73 Å². The van der Waals surface area contributed by atoms with Crippen molar-refractivity contribution in [2.45, 2.75) is 9.79 Å². The lowest BCUT2D eigenvalue weighted by molar-refractivity contribution is 0.602. The summed E-state index contributed by atoms with van der Waals surface area (Å²) >= 11 is 1.31. The van der Waals surface area contributed by atoms with E-state index in [4.69, 9.17) is 5.73 Å². The Morgan fingerprint density at radius 2 is 2.00 bits per heavy atom. The zero-order chi connectivity index (χ0) is 12.5. The molecule has 3 N–H and O–H groups in total. The van der Waals surface area contributed by atoms with Crippen LogP contribution in [0.15, 0.2) is 52.4 Å². The average molecular weight is 259 g/mol. The third-order valence-corrected chi connectivity index (χ3v) is 3.75. The Hall–Kier alpha value is -2.01. The molecule has 0 bridgehead atoms. The van der Waals surface area contributed by atoms with Crippen LogP contribution < -0.4 is 5.73 Å². The number of aromatic amines is 1. The predicted molar refractivity (Wildman–Crippen MR) is 71.0 cm³/mol. The molecule has 0 unspecified atom stereocenters. The van der Waals surface area contributed by atoms with E-state index in [2.05, 4.69) is 10.2 Å². The van der Waals surface area contributed by atoms with Gasteiger partial charge in [0.1, 0.15) is 5.82 Å². The Morgan fingerprint density at radius 3 is 2.83 bits per heavy atom. The van der Waals surface area contributed by atoms with Crippen molar-refractivity contribution in [3.63, 3.8) is 0 Å². The minimum Gasteiger partial charge on any atom is -0.398 e. The first-order valence-corrected chi connectivity index (χ1v) is 6.20. The Bertz CT molecular complexity index is 708. The van der Waals surface area contributed by atoms with Gasteiger partial charge in [0.25, 0.3) is 0 Å². The molecule has 0 spiro atoms. The fraction of sp³-hybridized carbons (Fsp3) is 0. The predicted octanol–water partition coefficient (Wildman–Crippen LogP) is 3.44. The van der Waals surface area contributed by atoms with Crippen molar-refractivity contribution in [1.82, 2.24) is 10.2 Å². The molecule has 1 aromatic heterocycles. The molecule has 0 saturated carbocycles. The molecule has 0 aliphatic carbocycles. The lowest BCUT2D eigenvalue weighted by Crippen LogP contribution is -1.89. The third kappa shape index (κ3) is 1.93. The van der Waals surface area contributed by atoms with Crippen molar-refractivity contribution in [3.05, 3.63) is 48.4 Å². The monoisotopic (exact) mass is 259 g/mol. The van der Waals surface area contributed by atoms with Crippen LogP contribution in [0.2, 0.25) is 0 Å². The van der Waals surface area contributed by atoms with E-state index in [1.807, 2.05) is 12.1 Å². The van der Waals surface area contributed by atoms with Gasteiger partial charge in [0.15, 0.2) is 0 Å². The Morgan fingerprint density at radius 1 is 1.17 bits per heavy atom. The van der Waals surface area contributed by atoms with E-state index in [-0.39, 0.29) is 5.82 Å². The van der Waals surface area contributed by atoms with Crippen LogP contribution in [0.1, 0.15) is 0 Å². The number of H-pyrrole nitrogens is 1. The normalized spacial score (nSPS) is 10.9. The van der Waals surface area contributed by atoms with Crippen molar-refractivity contribution in [3.8, 4) is 0 Å². The van der Waals surface area contributed by atoms with E-state index in [0.717, 1.165) is 15.8 Å². The van der Waals surface area contributed by atoms with Crippen LogP contribution in [0.25, 0.3) is 10.9 Å². The molecule has 1 heterocycles. The highest BCUT2D eigenvalue weighted by molar-refractivity contribution is 7.99. The maximum absolute atomic E-state index is 13.6. The van der Waals surface area contributed by atoms with Crippen LogP contribution in [0.4, 0.5) is 10.1 Å². The quantitative estimate of drug-likeness (QED) is 0.693. The number of nitrogens with two attached hydrogens (primary N) is 1. The number of rotatable bonds is 2. The minimum atomic E-state index is -0.244. The van der Waals surface area contributed by atoms with Gasteiger partial charge in [-0.2, -0.15) is 5.10 Å². The number of aromatic nitrogens is 2. The number of fused-ring (bicyclic) bond motifs is 1. The van der Waals surface area contributed by atoms with E-state index in [1.54, 1.807) is 24.4 Å². The summed E-state index contributed by atoms with van der Waals surface area (Å²) in [5, 5.41) is 7.77. The van der Waals surface area contributed by atoms with Crippen LogP contribution in [0, 0.1) is 5.82 Å². The van der Waals surface area contributed by atoms with Crippen LogP contribution in [-0.2, 0) is 0 Å². The molecule has 3 rings (SSSR count). The SMILES string of the molecule is Nc1cc2cn[nH]c2cc1Sc1ccccc1F. The first kappa shape index (κ1) is 11.1. The minimum absolute atomic E-state index is 0.244. The number of nitrogens with zero attached hydrogens (tertiary/aromatic N) is 1. The van der Waals surface area contributed by atoms with E-state index >= 15 is 0 Å². The van der Waals surface area contributed by atoms with E-state index in [9.17, 15) is 4.39 Å². The largest absolute Gasteiger partial charge is 0.398 e. The second-order valence-corrected chi connectivity index (χ2v) is 4.96. The smallest absolute Gasteiger partial charge is 0.137 e. The van der Waals surface area contributed by atoms with Crippen molar-refractivity contribution < 1.29 is 4.39 Å². The molecule has 0 aliphatic heterocycles. The van der Waals surface area contributed by atoms with E-state index in [0.29, 0.717) is 10.6 Å². The highest BCUT2D eigenvalue weighted by atomic mass is 32.2. The molecule has 0 aliphatic rings. The van der Waals surface area contributed by atoms with E-state index in [1.165, 1.54) is 17.8 Å². The van der Waals surface area contributed by atoms with Gasteiger partial charge in [0.2, 0.25) is 0 Å². The topological polar surface area (TPSA) is 54.7 Å². The molecule has 0 amide bonds. The van der Waals surface area contributed by atoms with Gasteiger partial charge in [-0.25, -0.2) is 4.39 Å². The molecular formula is C13H10FN3S. The lowest BCUT2D eigenvalue weighted by Gasteiger charge is -2.06. The summed E-state index contributed by atoms with van der Waals surface area (Å²) in [5.41, 5.74) is 7.47. The fourth-order valence-corrected chi connectivity index (χ4v) is 2.63. The number of halogens is 1. The first-order valence-electron chi connectivity index (χ1n) is 5.39. The number of benzene rings is 2. The first-order chi connectivity index (χ1) is 8.74. The molecule has 90 valence electrons. The zero-order valence-electron chi connectivity index (χ0n) is 9.35. The number of nitrogens with one attached hydrogen (secondary N) is 1. The third-order valence-electron chi connectivity index (χ3n) is 2.63. The highest BCUT2D eigenvalue weighted by Gasteiger charge is 2.08. The summed E-state index contributed by atoms with van der Waals surface area (Å²) in [7, 11) is 0. The van der Waals surface area contributed by atoms with Crippen molar-refractivity contribution in [1.29, 1.82) is 0 Å². The second-order valence-electron chi connectivity index (χ2n) is 3.88. The summed E-state index contributed by atoms with van der Waals surface area (Å²) in [5.74, 6) is -0.244. The van der Waals surface area contributed by atoms with Gasteiger partial charge in [-0.15, -0.1) is 0 Å². The molecule has 0 atom stereocenters. The van der Waals surface area contributed by atoms with Crippen LogP contribution in [0.5, 0.6) is 0 Å². The number of hydrogen-bond donors (Lipinski definition) is 2. The molecule has 0 saturated heterocycles.